The summed E-state index contributed by atoms with van der Waals surface area (Å²) in [5.74, 6) is 0. The van der Waals surface area contributed by atoms with E-state index in [0.717, 1.165) is 12.8 Å². The van der Waals surface area contributed by atoms with Gasteiger partial charge in [0.05, 0.1) is 0 Å². The van der Waals surface area contributed by atoms with Crippen LogP contribution in [-0.2, 0) is 0 Å². The van der Waals surface area contributed by atoms with Gasteiger partial charge in [-0.25, -0.2) is 0 Å². The second-order valence-corrected chi connectivity index (χ2v) is 2.27. The fraction of sp³-hybridized carbons (Fsp3) is 0.625. The molecular weight excluding hydrogens is 96.1 g/mol. The van der Waals surface area contributed by atoms with Crippen molar-refractivity contribution in [1.82, 2.24) is 0 Å². The quantitative estimate of drug-likeness (QED) is 0.491. The van der Waals surface area contributed by atoms with Crippen molar-refractivity contribution >= 4 is 0 Å². The predicted octanol–water partition coefficient (Wildman–Crippen LogP) is 2.81. The van der Waals surface area contributed by atoms with E-state index in [4.69, 9.17) is 0 Å². The van der Waals surface area contributed by atoms with Gasteiger partial charge in [-0.1, -0.05) is 19.9 Å². The lowest BCUT2D eigenvalue weighted by atomic mass is 9.85. The normalized spacial score (nSPS) is 11.4. The summed E-state index contributed by atoms with van der Waals surface area (Å²) in [4.78, 5) is 0. The lowest BCUT2D eigenvalue weighted by Crippen LogP contribution is -2.08. The summed E-state index contributed by atoms with van der Waals surface area (Å²) >= 11 is 0. The van der Waals surface area contributed by atoms with Crippen LogP contribution in [0.4, 0.5) is 0 Å². The van der Waals surface area contributed by atoms with Gasteiger partial charge < -0.3 is 0 Å². The molecule has 0 spiro atoms. The molecule has 47 valence electrons. The molecule has 1 radical (unpaired) electrons. The molecule has 0 fully saturated rings. The van der Waals surface area contributed by atoms with Gasteiger partial charge in [-0.05, 0) is 25.2 Å². The molecule has 0 saturated heterocycles. The van der Waals surface area contributed by atoms with E-state index in [1.54, 1.807) is 0 Å². The van der Waals surface area contributed by atoms with Crippen molar-refractivity contribution in [3.05, 3.63) is 19.6 Å². The van der Waals surface area contributed by atoms with Crippen LogP contribution in [0, 0.1) is 12.3 Å². The van der Waals surface area contributed by atoms with Crippen molar-refractivity contribution in [2.24, 2.45) is 5.41 Å². The number of hydrogen-bond donors (Lipinski definition) is 0. The molecule has 0 atom stereocenters. The standard InChI is InChI=1S/C8H15/c1-5-8(4,6-2)7-3/h5H,1,4,6-7H2,2-3H3. The molecule has 0 nitrogen and oxygen atoms in total. The summed E-state index contributed by atoms with van der Waals surface area (Å²) in [5.41, 5.74) is 0.139. The summed E-state index contributed by atoms with van der Waals surface area (Å²) in [6, 6.07) is 0. The van der Waals surface area contributed by atoms with Gasteiger partial charge in [0.25, 0.3) is 0 Å². The lowest BCUT2D eigenvalue weighted by molar-refractivity contribution is 0.452. The van der Waals surface area contributed by atoms with Crippen LogP contribution in [0.25, 0.3) is 0 Å². The Kier molecular flexibility index (Phi) is 2.81. The minimum absolute atomic E-state index is 0.139. The first kappa shape index (κ1) is 7.74. The van der Waals surface area contributed by atoms with E-state index in [9.17, 15) is 0 Å². The van der Waals surface area contributed by atoms with Crippen molar-refractivity contribution in [3.63, 3.8) is 0 Å². The maximum Gasteiger partial charge on any atom is -0.0126 e. The van der Waals surface area contributed by atoms with Gasteiger partial charge in [0.15, 0.2) is 0 Å². The van der Waals surface area contributed by atoms with E-state index in [0.29, 0.717) is 0 Å². The van der Waals surface area contributed by atoms with Crippen LogP contribution in [-0.4, -0.2) is 0 Å². The number of allylic oxidation sites excluding steroid dienone is 1. The fourth-order valence-electron chi connectivity index (χ4n) is 0.539. The monoisotopic (exact) mass is 111 g/mol. The van der Waals surface area contributed by atoms with Crippen LogP contribution in [0.1, 0.15) is 26.7 Å². The summed E-state index contributed by atoms with van der Waals surface area (Å²) in [5, 5.41) is 0. The Morgan fingerprint density at radius 1 is 1.38 bits per heavy atom. The maximum atomic E-state index is 4.01. The van der Waals surface area contributed by atoms with Gasteiger partial charge in [0, 0.05) is 0 Å². The smallest absolute Gasteiger partial charge is 0.0126 e. The maximum absolute atomic E-state index is 4.01. The highest BCUT2D eigenvalue weighted by atomic mass is 14.2. The van der Waals surface area contributed by atoms with Crippen molar-refractivity contribution in [1.29, 1.82) is 0 Å². The minimum atomic E-state index is 0.139. The fourth-order valence-corrected chi connectivity index (χ4v) is 0.539. The average Bonchev–Trinajstić information content (AvgIpc) is 1.87. The van der Waals surface area contributed by atoms with Crippen LogP contribution in [0.3, 0.4) is 0 Å². The van der Waals surface area contributed by atoms with Crippen molar-refractivity contribution in [3.8, 4) is 0 Å². The third kappa shape index (κ3) is 1.69. The highest BCUT2D eigenvalue weighted by Gasteiger charge is 2.13. The van der Waals surface area contributed by atoms with E-state index in [-0.39, 0.29) is 5.41 Å². The molecule has 0 aromatic rings. The molecule has 0 heteroatoms. The van der Waals surface area contributed by atoms with E-state index in [1.165, 1.54) is 0 Å². The SMILES string of the molecule is [CH2]C(C=C)(CC)CC. The first-order valence-electron chi connectivity index (χ1n) is 3.17. The molecule has 0 amide bonds. The molecule has 0 aromatic carbocycles. The van der Waals surface area contributed by atoms with Gasteiger partial charge in [-0.3, -0.25) is 0 Å². The van der Waals surface area contributed by atoms with E-state index >= 15 is 0 Å². The Labute approximate surface area is 52.6 Å². The Morgan fingerprint density at radius 3 is 1.75 bits per heavy atom. The summed E-state index contributed by atoms with van der Waals surface area (Å²) in [6.07, 6.45) is 4.12. The molecule has 0 N–H and O–H groups in total. The Hall–Kier alpha value is -0.260. The van der Waals surface area contributed by atoms with Crippen molar-refractivity contribution < 1.29 is 0 Å². The Balaban J connectivity index is 3.76. The molecule has 0 saturated carbocycles. The minimum Gasteiger partial charge on any atom is -0.103 e. The van der Waals surface area contributed by atoms with E-state index in [2.05, 4.69) is 27.4 Å². The van der Waals surface area contributed by atoms with Crippen LogP contribution in [0.2, 0.25) is 0 Å². The predicted molar refractivity (Wildman–Crippen MR) is 38.6 cm³/mol. The zero-order chi connectivity index (χ0) is 6.62. The van der Waals surface area contributed by atoms with Gasteiger partial charge in [-0.15, -0.1) is 6.58 Å². The van der Waals surface area contributed by atoms with E-state index in [1.807, 2.05) is 6.08 Å². The van der Waals surface area contributed by atoms with Gasteiger partial charge in [0.2, 0.25) is 0 Å². The molecule has 0 rings (SSSR count). The third-order valence-corrected chi connectivity index (χ3v) is 1.84. The highest BCUT2D eigenvalue weighted by molar-refractivity contribution is 4.94. The van der Waals surface area contributed by atoms with Gasteiger partial charge in [0.1, 0.15) is 0 Å². The van der Waals surface area contributed by atoms with Crippen LogP contribution in [0.5, 0.6) is 0 Å². The topological polar surface area (TPSA) is 0 Å². The molecule has 0 unspecified atom stereocenters. The van der Waals surface area contributed by atoms with Crippen molar-refractivity contribution in [2.45, 2.75) is 26.7 Å². The van der Waals surface area contributed by atoms with Crippen LogP contribution >= 0.6 is 0 Å². The summed E-state index contributed by atoms with van der Waals surface area (Å²) < 4.78 is 0. The van der Waals surface area contributed by atoms with Gasteiger partial charge >= 0.3 is 0 Å². The third-order valence-electron chi connectivity index (χ3n) is 1.84. The molecule has 0 heterocycles. The number of rotatable bonds is 3. The molecular formula is C8H15. The summed E-state index contributed by atoms with van der Waals surface area (Å²) in [7, 11) is 0. The summed E-state index contributed by atoms with van der Waals surface area (Å²) in [6.45, 7) is 12.0. The zero-order valence-electron chi connectivity index (χ0n) is 5.91. The van der Waals surface area contributed by atoms with Crippen molar-refractivity contribution in [2.75, 3.05) is 0 Å². The first-order chi connectivity index (χ1) is 3.68. The number of hydrogen-bond acceptors (Lipinski definition) is 0. The van der Waals surface area contributed by atoms with Crippen LogP contribution in [0.15, 0.2) is 12.7 Å². The molecule has 0 aliphatic rings. The zero-order valence-corrected chi connectivity index (χ0v) is 5.91. The Morgan fingerprint density at radius 2 is 1.75 bits per heavy atom. The first-order valence-corrected chi connectivity index (χ1v) is 3.17. The molecule has 0 bridgehead atoms. The molecule has 0 aliphatic carbocycles. The van der Waals surface area contributed by atoms with Gasteiger partial charge in [-0.2, -0.15) is 0 Å². The molecule has 8 heavy (non-hydrogen) atoms. The highest BCUT2D eigenvalue weighted by Crippen LogP contribution is 2.24. The Bertz CT molecular complexity index is 68.1. The van der Waals surface area contributed by atoms with Crippen LogP contribution < -0.4 is 0 Å². The van der Waals surface area contributed by atoms with E-state index < -0.39 is 0 Å². The largest absolute Gasteiger partial charge is 0.103 e. The lowest BCUT2D eigenvalue weighted by Gasteiger charge is -2.20. The molecule has 0 aromatic heterocycles. The average molecular weight is 111 g/mol. The molecule has 0 aliphatic heterocycles. The second-order valence-electron chi connectivity index (χ2n) is 2.27. The second kappa shape index (κ2) is 2.91.